The van der Waals surface area contributed by atoms with Crippen molar-refractivity contribution in [2.75, 3.05) is 105 Å². The van der Waals surface area contributed by atoms with E-state index in [2.05, 4.69) is 60.1 Å². The molecular formula is C37H61N7O6S2+2. The fourth-order valence-electron chi connectivity index (χ4n) is 5.56. The molecule has 0 fully saturated rings. The molecule has 0 spiro atoms. The molecule has 0 amide bonds. The zero-order chi connectivity index (χ0) is 39.0. The van der Waals surface area contributed by atoms with Crippen LogP contribution in [0, 0.1) is 31.8 Å². The van der Waals surface area contributed by atoms with Crippen LogP contribution in [0.1, 0.15) is 56.0 Å². The number of azo groups is 1. The maximum absolute atomic E-state index is 11.0. The summed E-state index contributed by atoms with van der Waals surface area (Å²) in [5.74, 6) is -0.236. The molecule has 2 atom stereocenters. The Balaban J connectivity index is 2.06. The normalized spacial score (nSPS) is 13.6. The number of nitrogens with zero attached hydrogens (tertiary/aromatic N) is 7. The van der Waals surface area contributed by atoms with Gasteiger partial charge >= 0.3 is 0 Å². The number of nitriles is 1. The minimum absolute atomic E-state index is 0.0243. The molecule has 1 aromatic carbocycles. The molecule has 2 unspecified atom stereocenters. The van der Waals surface area contributed by atoms with Gasteiger partial charge in [0, 0.05) is 25.2 Å². The van der Waals surface area contributed by atoms with Crippen LogP contribution in [-0.4, -0.2) is 134 Å². The molecule has 13 nitrogen and oxygen atoms in total. The first kappa shape index (κ1) is 45.2. The van der Waals surface area contributed by atoms with Gasteiger partial charge in [0.25, 0.3) is 10.1 Å². The summed E-state index contributed by atoms with van der Waals surface area (Å²) in [5.41, 5.74) is 3.61. The van der Waals surface area contributed by atoms with Crippen molar-refractivity contribution in [3.05, 3.63) is 45.6 Å². The summed E-state index contributed by atoms with van der Waals surface area (Å²) in [4.78, 5) is 6.31. The summed E-state index contributed by atoms with van der Waals surface area (Å²) in [6, 6.07) is 8.15. The van der Waals surface area contributed by atoms with E-state index in [0.717, 1.165) is 28.8 Å². The third kappa shape index (κ3) is 16.8. The fraction of sp³-hybridized carbons (Fsp3) is 0.676. The van der Waals surface area contributed by atoms with Crippen LogP contribution in [0.5, 0.6) is 0 Å². The van der Waals surface area contributed by atoms with Crippen molar-refractivity contribution in [3.8, 4) is 6.07 Å². The third-order valence-electron chi connectivity index (χ3n) is 8.91. The number of anilines is 1. The Morgan fingerprint density at radius 3 is 2.15 bits per heavy atom. The largest absolute Gasteiger partial charge is 0.374 e. The van der Waals surface area contributed by atoms with Gasteiger partial charge in [0.1, 0.15) is 24.2 Å². The Kier molecular flexibility index (Phi) is 18.8. The van der Waals surface area contributed by atoms with Crippen molar-refractivity contribution >= 4 is 43.5 Å². The average molecular weight is 764 g/mol. The minimum atomic E-state index is -3.95. The van der Waals surface area contributed by atoms with E-state index in [1.54, 1.807) is 6.92 Å². The topological polar surface area (TPSA) is 138 Å². The standard InChI is InChI=1S/C37H60N7O6S2/c1-11-12-16-43(7,8)19-21-49-30(3)27-42(28-31(4)50-23-22-48-20-18-44(9,10)17-13-24-52(45,46)47)33-14-15-34(29(2)25-33)40-41-37-36(39-6)32(5)35(26-38)51-37/h14-15,25,30-31H,11-13,16-24,27-28H2,1-5,7-10H3/q+1/p+1. The van der Waals surface area contributed by atoms with Gasteiger partial charge in [0.05, 0.1) is 103 Å². The molecule has 0 aliphatic carbocycles. The van der Waals surface area contributed by atoms with Crippen LogP contribution in [0.3, 0.4) is 0 Å². The van der Waals surface area contributed by atoms with Crippen LogP contribution in [-0.2, 0) is 24.3 Å². The highest BCUT2D eigenvalue weighted by Crippen LogP contribution is 2.42. The number of benzene rings is 1. The monoisotopic (exact) mass is 763 g/mol. The van der Waals surface area contributed by atoms with E-state index >= 15 is 0 Å². The first-order valence-electron chi connectivity index (χ1n) is 18.0. The quantitative estimate of drug-likeness (QED) is 0.0373. The van der Waals surface area contributed by atoms with Crippen LogP contribution in [0.25, 0.3) is 4.85 Å². The van der Waals surface area contributed by atoms with Gasteiger partial charge in [0.2, 0.25) is 5.69 Å². The van der Waals surface area contributed by atoms with Crippen molar-refractivity contribution in [1.29, 1.82) is 5.26 Å². The van der Waals surface area contributed by atoms with E-state index in [0.29, 0.717) is 90.3 Å². The molecule has 290 valence electrons. The molecule has 0 aliphatic rings. The highest BCUT2D eigenvalue weighted by molar-refractivity contribution is 7.85. The minimum Gasteiger partial charge on any atom is -0.374 e. The van der Waals surface area contributed by atoms with Crippen LogP contribution in [0.15, 0.2) is 28.4 Å². The Morgan fingerprint density at radius 1 is 0.962 bits per heavy atom. The lowest BCUT2D eigenvalue weighted by Crippen LogP contribution is -2.44. The van der Waals surface area contributed by atoms with Crippen molar-refractivity contribution in [2.45, 2.75) is 66.1 Å². The molecule has 2 rings (SSSR count). The average Bonchev–Trinajstić information content (AvgIpc) is 3.37. The molecule has 0 saturated heterocycles. The molecule has 0 radical (unpaired) electrons. The highest BCUT2D eigenvalue weighted by atomic mass is 32.2. The van der Waals surface area contributed by atoms with Gasteiger partial charge in [-0.1, -0.05) is 13.3 Å². The molecule has 0 aliphatic heterocycles. The van der Waals surface area contributed by atoms with E-state index in [4.69, 9.17) is 25.3 Å². The van der Waals surface area contributed by atoms with Crippen LogP contribution < -0.4 is 4.90 Å². The lowest BCUT2D eigenvalue weighted by Gasteiger charge is -2.32. The summed E-state index contributed by atoms with van der Waals surface area (Å²) in [6.45, 7) is 24.4. The Bertz CT molecular complexity index is 1630. The number of hydrogen-bond donors (Lipinski definition) is 1. The molecule has 52 heavy (non-hydrogen) atoms. The number of hydrogen-bond acceptors (Lipinski definition) is 10. The smallest absolute Gasteiger partial charge is 0.265 e. The lowest BCUT2D eigenvalue weighted by molar-refractivity contribution is -0.891. The zero-order valence-corrected chi connectivity index (χ0v) is 34.4. The molecule has 2 aromatic rings. The number of aryl methyl sites for hydroxylation is 1. The first-order valence-corrected chi connectivity index (χ1v) is 20.4. The van der Waals surface area contributed by atoms with Gasteiger partial charge in [-0.25, -0.2) is 4.85 Å². The van der Waals surface area contributed by atoms with E-state index in [1.807, 2.05) is 40.1 Å². The van der Waals surface area contributed by atoms with Crippen LogP contribution in [0.2, 0.25) is 0 Å². The predicted octanol–water partition coefficient (Wildman–Crippen LogP) is 7.07. The second-order valence-electron chi connectivity index (χ2n) is 14.7. The number of ether oxygens (including phenoxy) is 3. The van der Waals surface area contributed by atoms with Gasteiger partial charge < -0.3 is 28.1 Å². The highest BCUT2D eigenvalue weighted by Gasteiger charge is 2.20. The SMILES string of the molecule is [C-]#[N+]c1c(N=Nc2ccc(N(CC(C)OCCOCC[N+](C)(C)CCCS(=O)(=O)O)CC(C)OCC[N+](C)(C)CCCC)cc2C)sc(C#N)c1C. The Labute approximate surface area is 316 Å². The Hall–Kier alpha value is -2.99. The molecule has 0 saturated carbocycles. The van der Waals surface area contributed by atoms with Gasteiger partial charge in [0.15, 0.2) is 0 Å². The fourth-order valence-corrected chi connectivity index (χ4v) is 6.92. The molecule has 15 heteroatoms. The van der Waals surface area contributed by atoms with Gasteiger partial charge in [-0.3, -0.25) is 4.55 Å². The van der Waals surface area contributed by atoms with Gasteiger partial charge in [-0.2, -0.15) is 23.9 Å². The number of rotatable bonds is 25. The van der Waals surface area contributed by atoms with Crippen molar-refractivity contribution in [1.82, 2.24) is 0 Å². The molecule has 1 N–H and O–H groups in total. The molecule has 1 aromatic heterocycles. The number of likely N-dealkylation sites (N-methyl/N-ethyl adjacent to an activating group) is 2. The summed E-state index contributed by atoms with van der Waals surface area (Å²) < 4.78 is 50.9. The summed E-state index contributed by atoms with van der Waals surface area (Å²) in [5, 5.41) is 18.6. The first-order chi connectivity index (χ1) is 24.4. The van der Waals surface area contributed by atoms with Gasteiger partial charge in [-0.15, -0.1) is 11.3 Å². The Morgan fingerprint density at radius 2 is 1.58 bits per heavy atom. The second kappa shape index (κ2) is 21.6. The number of thiophene rings is 1. The van der Waals surface area contributed by atoms with E-state index in [1.165, 1.54) is 24.2 Å². The molecule has 0 bridgehead atoms. The predicted molar refractivity (Wildman–Crippen MR) is 209 cm³/mol. The van der Waals surface area contributed by atoms with Crippen molar-refractivity contribution in [3.63, 3.8) is 0 Å². The summed E-state index contributed by atoms with van der Waals surface area (Å²) in [6.07, 6.45) is 2.63. The summed E-state index contributed by atoms with van der Waals surface area (Å²) in [7, 11) is 4.57. The molecule has 1 heterocycles. The maximum Gasteiger partial charge on any atom is 0.265 e. The number of unbranched alkanes of at least 4 members (excludes halogenated alkanes) is 1. The summed E-state index contributed by atoms with van der Waals surface area (Å²) >= 11 is 1.18. The van der Waals surface area contributed by atoms with E-state index < -0.39 is 10.1 Å². The third-order valence-corrected chi connectivity index (χ3v) is 10.8. The number of quaternary nitrogens is 2. The van der Waals surface area contributed by atoms with E-state index in [9.17, 15) is 13.7 Å². The van der Waals surface area contributed by atoms with Crippen molar-refractivity contribution in [2.24, 2.45) is 10.2 Å². The van der Waals surface area contributed by atoms with Crippen LogP contribution in [0.4, 0.5) is 22.1 Å². The maximum atomic E-state index is 11.0. The van der Waals surface area contributed by atoms with E-state index in [-0.39, 0.29) is 18.0 Å². The molecular weight excluding hydrogens is 703 g/mol. The van der Waals surface area contributed by atoms with Crippen molar-refractivity contribution < 1.29 is 36.1 Å². The van der Waals surface area contributed by atoms with Gasteiger partial charge in [-0.05, 0) is 63.4 Å². The lowest BCUT2D eigenvalue weighted by atomic mass is 10.1. The zero-order valence-electron chi connectivity index (χ0n) is 32.7. The second-order valence-corrected chi connectivity index (χ2v) is 17.3. The van der Waals surface area contributed by atoms with Crippen LogP contribution >= 0.6 is 11.3 Å².